The van der Waals surface area contributed by atoms with Crippen LogP contribution in [0.5, 0.6) is 0 Å². The van der Waals surface area contributed by atoms with Crippen molar-refractivity contribution in [3.8, 4) is 0 Å². The maximum Gasteiger partial charge on any atom is 0.135 e. The van der Waals surface area contributed by atoms with Gasteiger partial charge in [0, 0.05) is 38.6 Å². The number of likely N-dealkylation sites (N-methyl/N-ethyl adjacent to an activating group) is 1. The molecule has 0 aliphatic rings. The van der Waals surface area contributed by atoms with Gasteiger partial charge in [0.05, 0.1) is 5.69 Å². The van der Waals surface area contributed by atoms with Crippen molar-refractivity contribution < 1.29 is 0 Å². The molecule has 0 aromatic carbocycles. The van der Waals surface area contributed by atoms with Gasteiger partial charge >= 0.3 is 0 Å². The number of hydrogen-bond acceptors (Lipinski definition) is 5. The van der Waals surface area contributed by atoms with E-state index in [0.29, 0.717) is 6.54 Å². The van der Waals surface area contributed by atoms with Crippen LogP contribution in [-0.2, 0) is 0 Å². The number of nitrogens with two attached hydrogens (primary N) is 1. The van der Waals surface area contributed by atoms with E-state index in [9.17, 15) is 0 Å². The zero-order valence-corrected chi connectivity index (χ0v) is 9.72. The molecule has 0 fully saturated rings. The topological polar surface area (TPSA) is 82.9 Å². The monoisotopic (exact) mass is 232 g/mol. The van der Waals surface area contributed by atoms with Crippen molar-refractivity contribution in [3.63, 3.8) is 0 Å². The number of aromatic nitrogens is 3. The fourth-order valence-corrected chi connectivity index (χ4v) is 1.48. The average Bonchev–Trinajstić information content (AvgIpc) is 2.82. The largest absolute Gasteiger partial charge is 0.366 e. The Morgan fingerprint density at radius 1 is 1.47 bits per heavy atom. The summed E-state index contributed by atoms with van der Waals surface area (Å²) in [5.74, 6) is 1.61. The Labute approximate surface area is 99.9 Å². The van der Waals surface area contributed by atoms with Crippen LogP contribution in [0.25, 0.3) is 0 Å². The van der Waals surface area contributed by atoms with E-state index in [2.05, 4.69) is 20.3 Å². The quantitative estimate of drug-likeness (QED) is 0.714. The Bertz CT molecular complexity index is 453. The minimum atomic E-state index is 0.598. The molecule has 2 aromatic rings. The van der Waals surface area contributed by atoms with Crippen molar-refractivity contribution in [1.29, 1.82) is 0 Å². The molecule has 0 atom stereocenters. The Kier molecular flexibility index (Phi) is 3.56. The molecule has 2 rings (SSSR count). The molecular weight excluding hydrogens is 216 g/mol. The molecule has 17 heavy (non-hydrogen) atoms. The van der Waals surface area contributed by atoms with Crippen LogP contribution in [0.2, 0.25) is 0 Å². The van der Waals surface area contributed by atoms with E-state index in [4.69, 9.17) is 5.73 Å². The van der Waals surface area contributed by atoms with E-state index >= 15 is 0 Å². The molecule has 0 aliphatic heterocycles. The number of H-pyrrole nitrogens is 1. The maximum atomic E-state index is 5.51. The normalized spacial score (nSPS) is 10.2. The van der Waals surface area contributed by atoms with Crippen LogP contribution in [0, 0.1) is 0 Å². The molecule has 0 saturated heterocycles. The third-order valence-corrected chi connectivity index (χ3v) is 2.38. The summed E-state index contributed by atoms with van der Waals surface area (Å²) in [6, 6.07) is 3.83. The van der Waals surface area contributed by atoms with Crippen molar-refractivity contribution in [2.45, 2.75) is 0 Å². The second kappa shape index (κ2) is 5.31. The first-order valence-corrected chi connectivity index (χ1v) is 5.42. The van der Waals surface area contributed by atoms with Gasteiger partial charge in [0.1, 0.15) is 18.0 Å². The second-order valence-corrected chi connectivity index (χ2v) is 3.70. The summed E-state index contributed by atoms with van der Waals surface area (Å²) < 4.78 is 0. The van der Waals surface area contributed by atoms with E-state index in [-0.39, 0.29) is 0 Å². The Morgan fingerprint density at radius 3 is 3.06 bits per heavy atom. The van der Waals surface area contributed by atoms with Crippen molar-refractivity contribution in [3.05, 3.63) is 30.9 Å². The number of anilines is 3. The first kappa shape index (κ1) is 11.4. The van der Waals surface area contributed by atoms with Crippen LogP contribution in [0.15, 0.2) is 30.9 Å². The summed E-state index contributed by atoms with van der Waals surface area (Å²) in [4.78, 5) is 13.3. The molecule has 2 heterocycles. The van der Waals surface area contributed by atoms with Gasteiger partial charge in [-0.15, -0.1) is 0 Å². The highest BCUT2D eigenvalue weighted by atomic mass is 15.2. The third-order valence-electron chi connectivity index (χ3n) is 2.38. The standard InChI is InChI=1S/C11H16N6/c1-17(5-3-12)11-6-10(14-8-15-11)16-9-2-4-13-7-9/h2,4,6-8,13H,3,5,12H2,1H3,(H,14,15,16). The first-order chi connectivity index (χ1) is 8.29. The Balaban J connectivity index is 2.11. The van der Waals surface area contributed by atoms with Gasteiger partial charge in [-0.3, -0.25) is 0 Å². The molecule has 6 heteroatoms. The number of aromatic amines is 1. The lowest BCUT2D eigenvalue weighted by Gasteiger charge is -2.17. The highest BCUT2D eigenvalue weighted by Gasteiger charge is 2.03. The van der Waals surface area contributed by atoms with Crippen molar-refractivity contribution in [2.24, 2.45) is 5.73 Å². The molecular formula is C11H16N6. The van der Waals surface area contributed by atoms with E-state index in [1.165, 1.54) is 6.33 Å². The van der Waals surface area contributed by atoms with Gasteiger partial charge in [-0.1, -0.05) is 0 Å². The predicted molar refractivity (Wildman–Crippen MR) is 68.4 cm³/mol. The minimum Gasteiger partial charge on any atom is -0.366 e. The summed E-state index contributed by atoms with van der Waals surface area (Å²) in [7, 11) is 1.95. The predicted octanol–water partition coefficient (Wildman–Crippen LogP) is 0.943. The lowest BCUT2D eigenvalue weighted by molar-refractivity contribution is 0.864. The molecule has 90 valence electrons. The summed E-state index contributed by atoms with van der Waals surface area (Å²) in [6.45, 7) is 1.36. The van der Waals surface area contributed by atoms with Gasteiger partial charge in [0.2, 0.25) is 0 Å². The highest BCUT2D eigenvalue weighted by Crippen LogP contribution is 2.16. The van der Waals surface area contributed by atoms with Crippen LogP contribution < -0.4 is 16.0 Å². The van der Waals surface area contributed by atoms with Gasteiger partial charge in [0.25, 0.3) is 0 Å². The summed E-state index contributed by atoms with van der Waals surface area (Å²) in [6.07, 6.45) is 5.26. The first-order valence-electron chi connectivity index (χ1n) is 5.42. The molecule has 0 spiro atoms. The van der Waals surface area contributed by atoms with E-state index < -0.39 is 0 Å². The SMILES string of the molecule is CN(CCN)c1cc(Nc2cc[nH]c2)ncn1. The average molecular weight is 232 g/mol. The molecule has 0 saturated carbocycles. The zero-order valence-electron chi connectivity index (χ0n) is 9.72. The smallest absolute Gasteiger partial charge is 0.135 e. The van der Waals surface area contributed by atoms with Gasteiger partial charge < -0.3 is 20.9 Å². The lowest BCUT2D eigenvalue weighted by atomic mass is 10.4. The van der Waals surface area contributed by atoms with E-state index in [0.717, 1.165) is 23.9 Å². The van der Waals surface area contributed by atoms with Crippen molar-refractivity contribution >= 4 is 17.3 Å². The van der Waals surface area contributed by atoms with E-state index in [1.807, 2.05) is 36.5 Å². The third kappa shape index (κ3) is 2.94. The van der Waals surface area contributed by atoms with Gasteiger partial charge in [-0.05, 0) is 6.07 Å². The van der Waals surface area contributed by atoms with Crippen LogP contribution in [-0.4, -0.2) is 35.1 Å². The fraction of sp³-hybridized carbons (Fsp3) is 0.273. The Morgan fingerprint density at radius 2 is 2.35 bits per heavy atom. The molecule has 0 unspecified atom stereocenters. The van der Waals surface area contributed by atoms with E-state index in [1.54, 1.807) is 0 Å². The minimum absolute atomic E-state index is 0.598. The number of nitrogens with zero attached hydrogens (tertiary/aromatic N) is 3. The van der Waals surface area contributed by atoms with Gasteiger partial charge in [-0.2, -0.15) is 0 Å². The highest BCUT2D eigenvalue weighted by molar-refractivity contribution is 5.58. The number of rotatable bonds is 5. The molecule has 6 nitrogen and oxygen atoms in total. The molecule has 4 N–H and O–H groups in total. The molecule has 0 aliphatic carbocycles. The molecule has 0 radical (unpaired) electrons. The van der Waals surface area contributed by atoms with Crippen LogP contribution >= 0.6 is 0 Å². The molecule has 0 amide bonds. The van der Waals surface area contributed by atoms with Gasteiger partial charge in [0.15, 0.2) is 0 Å². The zero-order chi connectivity index (χ0) is 12.1. The van der Waals surface area contributed by atoms with Crippen LogP contribution in [0.1, 0.15) is 0 Å². The van der Waals surface area contributed by atoms with Crippen LogP contribution in [0.3, 0.4) is 0 Å². The molecule has 2 aromatic heterocycles. The number of nitrogens with one attached hydrogen (secondary N) is 2. The number of hydrogen-bond donors (Lipinski definition) is 3. The second-order valence-electron chi connectivity index (χ2n) is 3.70. The summed E-state index contributed by atoms with van der Waals surface area (Å²) in [5.41, 5.74) is 6.48. The summed E-state index contributed by atoms with van der Waals surface area (Å²) in [5, 5.41) is 3.18. The maximum absolute atomic E-state index is 5.51. The van der Waals surface area contributed by atoms with Crippen molar-refractivity contribution in [2.75, 3.05) is 30.4 Å². The Hall–Kier alpha value is -2.08. The lowest BCUT2D eigenvalue weighted by Crippen LogP contribution is -2.25. The fourth-order valence-electron chi connectivity index (χ4n) is 1.48. The summed E-state index contributed by atoms with van der Waals surface area (Å²) >= 11 is 0. The molecule has 0 bridgehead atoms. The van der Waals surface area contributed by atoms with Crippen molar-refractivity contribution in [1.82, 2.24) is 15.0 Å². The van der Waals surface area contributed by atoms with Crippen LogP contribution in [0.4, 0.5) is 17.3 Å². The van der Waals surface area contributed by atoms with Gasteiger partial charge in [-0.25, -0.2) is 9.97 Å².